The van der Waals surface area contributed by atoms with Crippen LogP contribution in [0.25, 0.3) is 22.6 Å². The minimum atomic E-state index is -3.67. The van der Waals surface area contributed by atoms with Crippen LogP contribution in [0.3, 0.4) is 0 Å². The van der Waals surface area contributed by atoms with Crippen LogP contribution in [0, 0.1) is 6.92 Å². The Balaban J connectivity index is 0.000000782. The van der Waals surface area contributed by atoms with Crippen molar-refractivity contribution in [3.05, 3.63) is 89.9 Å². The van der Waals surface area contributed by atoms with Gasteiger partial charge in [0.15, 0.2) is 5.82 Å². The van der Waals surface area contributed by atoms with Crippen molar-refractivity contribution in [2.75, 3.05) is 50.5 Å². The lowest BCUT2D eigenvalue weighted by molar-refractivity contribution is 0.102. The molecule has 0 atom stereocenters. The number of nitrogen functional groups attached to an aromatic ring is 1. The van der Waals surface area contributed by atoms with Crippen LogP contribution in [0.4, 0.5) is 11.4 Å². The Labute approximate surface area is 252 Å². The highest BCUT2D eigenvalue weighted by atomic mass is 32.2. The van der Waals surface area contributed by atoms with Gasteiger partial charge in [0.1, 0.15) is 0 Å². The molecule has 1 aliphatic rings. The summed E-state index contributed by atoms with van der Waals surface area (Å²) < 4.78 is 25.9. The largest absolute Gasteiger partial charge is 0.396 e. The summed E-state index contributed by atoms with van der Waals surface area (Å²) in [4.78, 5) is 31.3. The predicted octanol–water partition coefficient (Wildman–Crippen LogP) is 3.99. The fraction of sp³-hybridized carbons (Fsp3) is 0.290. The van der Waals surface area contributed by atoms with Gasteiger partial charge in [-0.25, -0.2) is 9.97 Å². The van der Waals surface area contributed by atoms with Gasteiger partial charge < -0.3 is 16.0 Å². The van der Waals surface area contributed by atoms with E-state index in [0.717, 1.165) is 49.5 Å². The zero-order chi connectivity index (χ0) is 31.0. The minimum Gasteiger partial charge on any atom is -0.396 e. The minimum absolute atomic E-state index is 0.209. The summed E-state index contributed by atoms with van der Waals surface area (Å²) in [5.41, 5.74) is 12.6. The molecule has 3 heterocycles. The van der Waals surface area contributed by atoms with Crippen molar-refractivity contribution in [3.8, 4) is 22.6 Å². The maximum absolute atomic E-state index is 13.1. The number of aryl methyl sites for hydroxylation is 1. The van der Waals surface area contributed by atoms with Gasteiger partial charge in [-0.15, -0.1) is 0 Å². The number of carbonyl (C=O) groups is 1. The van der Waals surface area contributed by atoms with Gasteiger partial charge in [0, 0.05) is 54.9 Å². The second kappa shape index (κ2) is 14.3. The normalized spacial score (nSPS) is 14.3. The van der Waals surface area contributed by atoms with E-state index in [4.69, 9.17) is 15.3 Å². The number of carbonyl (C=O) groups excluding carboxylic acids is 1. The summed E-state index contributed by atoms with van der Waals surface area (Å²) in [6.45, 7) is 7.22. The van der Waals surface area contributed by atoms with Gasteiger partial charge >= 0.3 is 0 Å². The third-order valence-corrected chi connectivity index (χ3v) is 6.97. The fourth-order valence-electron chi connectivity index (χ4n) is 4.76. The number of nitrogens with zero attached hydrogens (tertiary/aromatic N) is 5. The number of nitrogens with two attached hydrogens (primary N) is 1. The van der Waals surface area contributed by atoms with Crippen LogP contribution < -0.4 is 11.1 Å². The molecule has 0 aliphatic carbocycles. The Bertz CT molecular complexity index is 1640. The first kappa shape index (κ1) is 31.7. The molecular formula is C31H37N7O4S. The Morgan fingerprint density at radius 3 is 2.47 bits per heavy atom. The monoisotopic (exact) mass is 603 g/mol. The summed E-state index contributed by atoms with van der Waals surface area (Å²) in [7, 11) is -1.49. The number of nitrogens with one attached hydrogen (secondary N) is 1. The number of rotatable bonds is 6. The van der Waals surface area contributed by atoms with Crippen LogP contribution in [0.2, 0.25) is 0 Å². The van der Waals surface area contributed by atoms with Crippen molar-refractivity contribution in [2.45, 2.75) is 19.9 Å². The lowest BCUT2D eigenvalue weighted by Gasteiger charge is -2.20. The quantitative estimate of drug-likeness (QED) is 0.218. The summed E-state index contributed by atoms with van der Waals surface area (Å²) >= 11 is 0. The van der Waals surface area contributed by atoms with Crippen molar-refractivity contribution in [2.24, 2.45) is 0 Å². The highest BCUT2D eigenvalue weighted by molar-refractivity contribution is 7.85. The molecule has 0 unspecified atom stereocenters. The second-order valence-corrected chi connectivity index (χ2v) is 12.0. The van der Waals surface area contributed by atoms with Crippen LogP contribution in [0.1, 0.15) is 27.9 Å². The summed E-state index contributed by atoms with van der Waals surface area (Å²) in [6, 6.07) is 17.2. The average molecular weight is 604 g/mol. The third-order valence-electron chi connectivity index (χ3n) is 6.97. The second-order valence-electron chi connectivity index (χ2n) is 10.5. The average Bonchev–Trinajstić information content (AvgIpc) is 3.18. The van der Waals surface area contributed by atoms with E-state index in [1.807, 2.05) is 61.5 Å². The molecule has 0 radical (unpaired) electrons. The number of hydrogen-bond acceptors (Lipinski definition) is 9. The van der Waals surface area contributed by atoms with Gasteiger partial charge in [-0.3, -0.25) is 19.2 Å². The van der Waals surface area contributed by atoms with Crippen molar-refractivity contribution in [3.63, 3.8) is 0 Å². The first-order chi connectivity index (χ1) is 20.5. The molecule has 43 heavy (non-hydrogen) atoms. The molecule has 1 aliphatic heterocycles. The molecule has 5 rings (SSSR count). The third kappa shape index (κ3) is 9.38. The van der Waals surface area contributed by atoms with Crippen molar-refractivity contribution in [1.29, 1.82) is 0 Å². The molecule has 1 fully saturated rings. The summed E-state index contributed by atoms with van der Waals surface area (Å²) in [5, 5.41) is 2.98. The molecule has 0 bridgehead atoms. The molecule has 0 saturated carbocycles. The van der Waals surface area contributed by atoms with E-state index in [1.165, 1.54) is 12.0 Å². The zero-order valence-corrected chi connectivity index (χ0v) is 25.4. The fourth-order valence-corrected chi connectivity index (χ4v) is 4.76. The van der Waals surface area contributed by atoms with Gasteiger partial charge in [-0.1, -0.05) is 18.2 Å². The predicted molar refractivity (Wildman–Crippen MR) is 169 cm³/mol. The van der Waals surface area contributed by atoms with Crippen molar-refractivity contribution in [1.82, 2.24) is 24.8 Å². The maximum atomic E-state index is 13.1. The van der Waals surface area contributed by atoms with Crippen LogP contribution in [0.15, 0.2) is 73.2 Å². The lowest BCUT2D eigenvalue weighted by Crippen LogP contribution is -2.28. The molecule has 2 aromatic heterocycles. The Kier molecular flexibility index (Phi) is 10.5. The molecule has 2 aromatic carbocycles. The van der Waals surface area contributed by atoms with E-state index < -0.39 is 10.1 Å². The zero-order valence-electron chi connectivity index (χ0n) is 24.6. The molecule has 4 N–H and O–H groups in total. The number of hydrogen-bond donors (Lipinski definition) is 3. The molecular weight excluding hydrogens is 566 g/mol. The molecule has 0 spiro atoms. The van der Waals surface area contributed by atoms with Gasteiger partial charge in [0.2, 0.25) is 0 Å². The van der Waals surface area contributed by atoms with Crippen LogP contribution in [0.5, 0.6) is 0 Å². The van der Waals surface area contributed by atoms with E-state index in [-0.39, 0.29) is 5.91 Å². The van der Waals surface area contributed by atoms with Gasteiger partial charge in [-0.2, -0.15) is 8.42 Å². The van der Waals surface area contributed by atoms with E-state index in [1.54, 1.807) is 18.6 Å². The van der Waals surface area contributed by atoms with Crippen LogP contribution in [-0.4, -0.2) is 83.1 Å². The van der Waals surface area contributed by atoms with E-state index >= 15 is 0 Å². The highest BCUT2D eigenvalue weighted by Crippen LogP contribution is 2.34. The topological polar surface area (TPSA) is 155 Å². The number of benzene rings is 2. The Hall–Kier alpha value is -4.23. The molecule has 12 heteroatoms. The number of anilines is 2. The lowest BCUT2D eigenvalue weighted by atomic mass is 10.0. The SMILES string of the molecule is CS(=O)(=O)O.Cc1ccc(NC(=O)c2ccc(CN3CCCN(C)CC3)cc2)c(N)c1-c1nccc(-c2cccnc2)n1. The summed E-state index contributed by atoms with van der Waals surface area (Å²) in [6.07, 6.45) is 7.09. The molecule has 226 valence electrons. The van der Waals surface area contributed by atoms with Gasteiger partial charge in [0.25, 0.3) is 16.0 Å². The number of aromatic nitrogens is 3. The van der Waals surface area contributed by atoms with E-state index in [9.17, 15) is 13.2 Å². The molecule has 1 amide bonds. The van der Waals surface area contributed by atoms with Gasteiger partial charge in [0.05, 0.1) is 23.3 Å². The number of pyridine rings is 1. The van der Waals surface area contributed by atoms with E-state index in [0.29, 0.717) is 34.6 Å². The first-order valence-electron chi connectivity index (χ1n) is 13.8. The van der Waals surface area contributed by atoms with Crippen molar-refractivity contribution < 1.29 is 17.8 Å². The number of amides is 1. The highest BCUT2D eigenvalue weighted by Gasteiger charge is 2.17. The van der Waals surface area contributed by atoms with Gasteiger partial charge in [-0.05, 0) is 81.0 Å². The van der Waals surface area contributed by atoms with Crippen LogP contribution >= 0.6 is 0 Å². The van der Waals surface area contributed by atoms with E-state index in [2.05, 4.69) is 32.1 Å². The smallest absolute Gasteiger partial charge is 0.261 e. The molecule has 1 saturated heterocycles. The maximum Gasteiger partial charge on any atom is 0.261 e. The Morgan fingerprint density at radius 2 is 1.77 bits per heavy atom. The molecule has 4 aromatic rings. The van der Waals surface area contributed by atoms with Crippen molar-refractivity contribution >= 4 is 27.4 Å². The Morgan fingerprint density at radius 1 is 1.02 bits per heavy atom. The number of likely N-dealkylation sites (N-methyl/N-ethyl adjacent to an activating group) is 1. The first-order valence-corrected chi connectivity index (χ1v) is 15.7. The molecule has 11 nitrogen and oxygen atoms in total. The summed E-state index contributed by atoms with van der Waals surface area (Å²) in [5.74, 6) is 0.293. The standard InChI is InChI=1S/C30H33N7O.CH4O3S/c1-21-6-11-26(28(31)27(21)29-33-14-12-25(34-29)24-5-3-13-32-19-24)35-30(38)23-9-7-22(8-10-23)20-37-16-4-15-36(2)17-18-37;1-5(2,3)4/h3,5-14,19H,4,15-18,20,31H2,1-2H3,(H,35,38);1H3,(H,2,3,4). The van der Waals surface area contributed by atoms with Crippen LogP contribution in [-0.2, 0) is 16.7 Å².